The third-order valence-corrected chi connectivity index (χ3v) is 6.38. The van der Waals surface area contributed by atoms with Gasteiger partial charge in [0.05, 0.1) is 12.2 Å². The summed E-state index contributed by atoms with van der Waals surface area (Å²) >= 11 is 6.09. The van der Waals surface area contributed by atoms with Crippen molar-refractivity contribution >= 4 is 17.4 Å². The minimum Gasteiger partial charge on any atom is -0.457 e. The van der Waals surface area contributed by atoms with E-state index in [1.807, 2.05) is 13.0 Å². The summed E-state index contributed by atoms with van der Waals surface area (Å²) in [6.45, 7) is 6.31. The van der Waals surface area contributed by atoms with Gasteiger partial charge in [-0.2, -0.15) is 9.78 Å². The van der Waals surface area contributed by atoms with E-state index in [-0.39, 0.29) is 22.7 Å². The number of pyridine rings is 1. The first-order valence-electron chi connectivity index (χ1n) is 11.6. The molecule has 0 bridgehead atoms. The van der Waals surface area contributed by atoms with E-state index < -0.39 is 11.5 Å². The summed E-state index contributed by atoms with van der Waals surface area (Å²) in [7, 11) is 0. The van der Waals surface area contributed by atoms with Crippen molar-refractivity contribution < 1.29 is 13.9 Å². The molecule has 0 unspecified atom stereocenters. The zero-order valence-corrected chi connectivity index (χ0v) is 20.7. The highest BCUT2D eigenvalue weighted by Gasteiger charge is 2.40. The van der Waals surface area contributed by atoms with Gasteiger partial charge in [-0.05, 0) is 56.3 Å². The molecule has 1 saturated heterocycles. The maximum Gasteiger partial charge on any atom is 0.350 e. The normalized spacial score (nSPS) is 14.5. The lowest BCUT2D eigenvalue weighted by Gasteiger charge is -2.48. The van der Waals surface area contributed by atoms with Crippen LogP contribution in [0.2, 0.25) is 5.02 Å². The molecule has 186 valence electrons. The lowest BCUT2D eigenvalue weighted by Crippen LogP contribution is -2.61. The molecule has 10 heteroatoms. The van der Waals surface area contributed by atoms with E-state index in [0.717, 1.165) is 18.9 Å². The second-order valence-corrected chi connectivity index (χ2v) is 9.25. The third-order valence-electron chi connectivity index (χ3n) is 6.02. The standard InChI is InChI=1S/C26H25ClFN5O3/c1-3-35-26(2)15-32(16-26)24-13-20(11-12-29-24)36-19-9-7-18(8-10-19)33-25(34)31(17-30-33)14-21-22(27)5-4-6-23(21)28/h4-13,17H,3,14-16H2,1-2H3. The fourth-order valence-corrected chi connectivity index (χ4v) is 4.49. The molecular weight excluding hydrogens is 485 g/mol. The minimum atomic E-state index is -0.472. The predicted molar refractivity (Wildman–Crippen MR) is 135 cm³/mol. The molecule has 2 aromatic heterocycles. The Morgan fingerprint density at radius 1 is 1.11 bits per heavy atom. The topological polar surface area (TPSA) is 74.4 Å². The third kappa shape index (κ3) is 4.84. The van der Waals surface area contributed by atoms with Gasteiger partial charge in [-0.25, -0.2) is 14.2 Å². The zero-order chi connectivity index (χ0) is 25.3. The fourth-order valence-electron chi connectivity index (χ4n) is 4.26. The number of anilines is 1. The van der Waals surface area contributed by atoms with E-state index in [0.29, 0.717) is 23.8 Å². The molecule has 0 saturated carbocycles. The number of halogens is 2. The number of rotatable bonds is 8. The predicted octanol–water partition coefficient (Wildman–Crippen LogP) is 4.68. The smallest absolute Gasteiger partial charge is 0.350 e. The number of aromatic nitrogens is 4. The summed E-state index contributed by atoms with van der Waals surface area (Å²) in [4.78, 5) is 19.4. The lowest BCUT2D eigenvalue weighted by molar-refractivity contribution is -0.0448. The Morgan fingerprint density at radius 2 is 1.89 bits per heavy atom. The van der Waals surface area contributed by atoms with E-state index in [9.17, 15) is 9.18 Å². The van der Waals surface area contributed by atoms with Crippen LogP contribution in [-0.2, 0) is 11.3 Å². The van der Waals surface area contributed by atoms with Gasteiger partial charge in [0.25, 0.3) is 0 Å². The van der Waals surface area contributed by atoms with Gasteiger partial charge in [0.1, 0.15) is 35.1 Å². The second kappa shape index (κ2) is 9.75. The van der Waals surface area contributed by atoms with Crippen LogP contribution in [-0.4, -0.2) is 44.6 Å². The van der Waals surface area contributed by atoms with Crippen LogP contribution in [0.3, 0.4) is 0 Å². The highest BCUT2D eigenvalue weighted by Crippen LogP contribution is 2.32. The van der Waals surface area contributed by atoms with Crippen LogP contribution >= 0.6 is 11.6 Å². The van der Waals surface area contributed by atoms with Crippen LogP contribution in [0.15, 0.2) is 71.9 Å². The SMILES string of the molecule is CCOC1(C)CN(c2cc(Oc3ccc(-n4ncn(Cc5c(F)cccc5Cl)c4=O)cc3)ccn2)C1. The molecule has 2 aromatic carbocycles. The summed E-state index contributed by atoms with van der Waals surface area (Å²) in [5, 5.41) is 4.42. The Kier molecular flexibility index (Phi) is 6.51. The summed E-state index contributed by atoms with van der Waals surface area (Å²) in [5.74, 6) is 1.61. The van der Waals surface area contributed by atoms with Gasteiger partial charge < -0.3 is 14.4 Å². The molecule has 0 amide bonds. The van der Waals surface area contributed by atoms with Crippen molar-refractivity contribution in [3.8, 4) is 17.2 Å². The molecule has 0 radical (unpaired) electrons. The molecule has 0 spiro atoms. The molecule has 0 atom stereocenters. The Bertz CT molecular complexity index is 1410. The van der Waals surface area contributed by atoms with Gasteiger partial charge in [-0.15, -0.1) is 0 Å². The van der Waals surface area contributed by atoms with Crippen molar-refractivity contribution in [3.63, 3.8) is 0 Å². The van der Waals surface area contributed by atoms with Gasteiger partial charge in [-0.3, -0.25) is 4.57 Å². The first-order valence-corrected chi connectivity index (χ1v) is 11.9. The zero-order valence-electron chi connectivity index (χ0n) is 19.9. The van der Waals surface area contributed by atoms with Crippen LogP contribution in [0.4, 0.5) is 10.2 Å². The van der Waals surface area contributed by atoms with E-state index in [1.165, 1.54) is 27.7 Å². The van der Waals surface area contributed by atoms with Gasteiger partial charge in [0.2, 0.25) is 0 Å². The van der Waals surface area contributed by atoms with Crippen molar-refractivity contribution in [2.75, 3.05) is 24.6 Å². The monoisotopic (exact) mass is 509 g/mol. The van der Waals surface area contributed by atoms with Crippen LogP contribution in [0.5, 0.6) is 11.5 Å². The van der Waals surface area contributed by atoms with Gasteiger partial charge >= 0.3 is 5.69 Å². The number of hydrogen-bond acceptors (Lipinski definition) is 6. The van der Waals surface area contributed by atoms with Crippen molar-refractivity contribution in [1.29, 1.82) is 0 Å². The van der Waals surface area contributed by atoms with Gasteiger partial charge in [0.15, 0.2) is 0 Å². The highest BCUT2D eigenvalue weighted by molar-refractivity contribution is 6.31. The van der Waals surface area contributed by atoms with Crippen LogP contribution < -0.4 is 15.3 Å². The molecule has 8 nitrogen and oxygen atoms in total. The van der Waals surface area contributed by atoms with E-state index in [4.69, 9.17) is 21.1 Å². The maximum atomic E-state index is 14.1. The Morgan fingerprint density at radius 3 is 2.61 bits per heavy atom. The summed E-state index contributed by atoms with van der Waals surface area (Å²) in [6.07, 6.45) is 3.07. The Labute approximate surface area is 212 Å². The van der Waals surface area contributed by atoms with Crippen LogP contribution in [0, 0.1) is 5.82 Å². The van der Waals surface area contributed by atoms with E-state index in [2.05, 4.69) is 21.9 Å². The molecular formula is C26H25ClFN5O3. The molecule has 5 rings (SSSR count). The minimum absolute atomic E-state index is 0.0172. The van der Waals surface area contributed by atoms with Crippen molar-refractivity contribution in [1.82, 2.24) is 19.3 Å². The maximum absolute atomic E-state index is 14.1. The average Bonchev–Trinajstić information content (AvgIpc) is 3.20. The summed E-state index contributed by atoms with van der Waals surface area (Å²) in [5.41, 5.74) is 0.240. The number of nitrogens with zero attached hydrogens (tertiary/aromatic N) is 5. The van der Waals surface area contributed by atoms with Crippen LogP contribution in [0.1, 0.15) is 19.4 Å². The lowest BCUT2D eigenvalue weighted by atomic mass is 9.96. The molecule has 3 heterocycles. The van der Waals surface area contributed by atoms with Gasteiger partial charge in [0, 0.05) is 42.5 Å². The quantitative estimate of drug-likeness (QED) is 0.343. The Balaban J connectivity index is 1.27. The molecule has 36 heavy (non-hydrogen) atoms. The molecule has 1 aliphatic heterocycles. The first kappa shape index (κ1) is 24.0. The van der Waals surface area contributed by atoms with E-state index in [1.54, 1.807) is 42.6 Å². The second-order valence-electron chi connectivity index (χ2n) is 8.84. The molecule has 0 N–H and O–H groups in total. The molecule has 0 aliphatic carbocycles. The number of ether oxygens (including phenoxy) is 2. The molecule has 1 aliphatic rings. The first-order chi connectivity index (χ1) is 17.3. The summed E-state index contributed by atoms with van der Waals surface area (Å²) < 4.78 is 28.5. The number of benzene rings is 2. The molecule has 1 fully saturated rings. The van der Waals surface area contributed by atoms with Crippen molar-refractivity contribution in [2.45, 2.75) is 26.0 Å². The highest BCUT2D eigenvalue weighted by atomic mass is 35.5. The Hall–Kier alpha value is -3.69. The van der Waals surface area contributed by atoms with E-state index >= 15 is 0 Å². The van der Waals surface area contributed by atoms with Gasteiger partial charge in [-0.1, -0.05) is 17.7 Å². The number of hydrogen-bond donors (Lipinski definition) is 0. The average molecular weight is 510 g/mol. The van der Waals surface area contributed by atoms with Crippen LogP contribution in [0.25, 0.3) is 5.69 Å². The fraction of sp³-hybridized carbons (Fsp3) is 0.269. The van der Waals surface area contributed by atoms with Crippen molar-refractivity contribution in [2.24, 2.45) is 0 Å². The largest absolute Gasteiger partial charge is 0.457 e. The summed E-state index contributed by atoms with van der Waals surface area (Å²) in [6, 6.07) is 15.1. The molecule has 4 aromatic rings. The van der Waals surface area contributed by atoms with Crippen molar-refractivity contribution in [3.05, 3.63) is 94.0 Å².